The van der Waals surface area contributed by atoms with Crippen LogP contribution in [0.5, 0.6) is 0 Å². The molecule has 1 unspecified atom stereocenters. The molecule has 6 heteroatoms. The molecule has 4 N–H and O–H groups in total. The van der Waals surface area contributed by atoms with Gasteiger partial charge in [-0.1, -0.05) is 11.8 Å². The summed E-state index contributed by atoms with van der Waals surface area (Å²) in [7, 11) is 0. The minimum absolute atomic E-state index is 0.0201. The first-order valence-corrected chi connectivity index (χ1v) is 4.36. The number of allylic oxidation sites excluding steroid dienone is 1. The van der Waals surface area contributed by atoms with Gasteiger partial charge in [-0.2, -0.15) is 4.99 Å². The second kappa shape index (κ2) is 3.73. The van der Waals surface area contributed by atoms with E-state index in [0.717, 1.165) is 0 Å². The predicted molar refractivity (Wildman–Crippen MR) is 47.1 cm³/mol. The van der Waals surface area contributed by atoms with E-state index in [9.17, 15) is 0 Å². The van der Waals surface area contributed by atoms with Gasteiger partial charge in [-0.05, 0) is 0 Å². The van der Waals surface area contributed by atoms with Gasteiger partial charge in [0.1, 0.15) is 5.76 Å². The van der Waals surface area contributed by atoms with Gasteiger partial charge in [0.25, 0.3) is 0 Å². The van der Waals surface area contributed by atoms with Crippen molar-refractivity contribution in [2.45, 2.75) is 5.56 Å². The van der Waals surface area contributed by atoms with Gasteiger partial charge in [-0.15, -0.1) is 11.6 Å². The molecule has 0 aromatic heterocycles. The van der Waals surface area contributed by atoms with Crippen LogP contribution in [-0.2, 0) is 4.74 Å². The third-order valence-corrected chi connectivity index (χ3v) is 2.05. The SMILES string of the molecule is NC(N)=NC1OC(CCl)=CS1. The normalized spacial score (nSPS) is 22.3. The summed E-state index contributed by atoms with van der Waals surface area (Å²) in [5.74, 6) is 1.07. The fourth-order valence-electron chi connectivity index (χ4n) is 0.561. The van der Waals surface area contributed by atoms with Gasteiger partial charge in [0.15, 0.2) is 5.96 Å². The third-order valence-electron chi connectivity index (χ3n) is 0.954. The Labute approximate surface area is 73.6 Å². The molecule has 0 aromatic rings. The molecule has 0 saturated carbocycles. The number of thioether (sulfide) groups is 1. The van der Waals surface area contributed by atoms with Gasteiger partial charge in [-0.25, -0.2) is 0 Å². The molecule has 0 amide bonds. The van der Waals surface area contributed by atoms with Crippen LogP contribution in [0.2, 0.25) is 0 Å². The van der Waals surface area contributed by atoms with Crippen molar-refractivity contribution in [2.24, 2.45) is 16.5 Å². The van der Waals surface area contributed by atoms with Crippen LogP contribution in [0.1, 0.15) is 0 Å². The van der Waals surface area contributed by atoms with Gasteiger partial charge >= 0.3 is 0 Å². The average Bonchev–Trinajstić information content (AvgIpc) is 2.34. The minimum Gasteiger partial charge on any atom is -0.461 e. The van der Waals surface area contributed by atoms with Crippen LogP contribution < -0.4 is 11.5 Å². The molecule has 11 heavy (non-hydrogen) atoms. The van der Waals surface area contributed by atoms with Crippen molar-refractivity contribution in [3.8, 4) is 0 Å². The van der Waals surface area contributed by atoms with Gasteiger partial charge in [0, 0.05) is 5.41 Å². The van der Waals surface area contributed by atoms with Crippen LogP contribution in [-0.4, -0.2) is 17.4 Å². The molecule has 1 heterocycles. The number of hydrogen-bond donors (Lipinski definition) is 2. The van der Waals surface area contributed by atoms with Crippen LogP contribution in [0.3, 0.4) is 0 Å². The number of hydrogen-bond acceptors (Lipinski definition) is 3. The van der Waals surface area contributed by atoms with Crippen molar-refractivity contribution < 1.29 is 4.74 Å². The average molecular weight is 194 g/mol. The van der Waals surface area contributed by atoms with Gasteiger partial charge in [0.2, 0.25) is 5.56 Å². The number of alkyl halides is 1. The highest BCUT2D eigenvalue weighted by molar-refractivity contribution is 8.02. The maximum Gasteiger partial charge on any atom is 0.244 e. The van der Waals surface area contributed by atoms with Crippen LogP contribution in [0.15, 0.2) is 16.2 Å². The lowest BCUT2D eigenvalue weighted by Crippen LogP contribution is -2.24. The molecule has 0 aromatic carbocycles. The fraction of sp³-hybridized carbons (Fsp3) is 0.400. The van der Waals surface area contributed by atoms with Crippen LogP contribution in [0.25, 0.3) is 0 Å². The molecule has 0 bridgehead atoms. The summed E-state index contributed by atoms with van der Waals surface area (Å²) in [6.45, 7) is 0. The van der Waals surface area contributed by atoms with E-state index >= 15 is 0 Å². The second-order valence-corrected chi connectivity index (χ2v) is 3.01. The van der Waals surface area contributed by atoms with E-state index in [1.807, 2.05) is 0 Å². The minimum atomic E-state index is -0.353. The summed E-state index contributed by atoms with van der Waals surface area (Å²) in [5.41, 5.74) is 9.92. The molecule has 4 nitrogen and oxygen atoms in total. The topological polar surface area (TPSA) is 73.6 Å². The molecule has 0 saturated heterocycles. The molecular formula is C5H8ClN3OS. The quantitative estimate of drug-likeness (QED) is 0.378. The Bertz CT molecular complexity index is 202. The van der Waals surface area contributed by atoms with E-state index in [1.54, 1.807) is 5.41 Å². The number of ether oxygens (including phenoxy) is 1. The van der Waals surface area contributed by atoms with E-state index in [2.05, 4.69) is 4.99 Å². The van der Waals surface area contributed by atoms with E-state index in [0.29, 0.717) is 11.6 Å². The summed E-state index contributed by atoms with van der Waals surface area (Å²) in [6, 6.07) is 0. The van der Waals surface area contributed by atoms with E-state index in [-0.39, 0.29) is 11.5 Å². The number of guanidine groups is 1. The van der Waals surface area contributed by atoms with Crippen molar-refractivity contribution >= 4 is 29.3 Å². The lowest BCUT2D eigenvalue weighted by molar-refractivity contribution is 0.206. The van der Waals surface area contributed by atoms with Gasteiger partial charge in [0.05, 0.1) is 5.88 Å². The first-order chi connectivity index (χ1) is 5.22. The Kier molecular flexibility index (Phi) is 2.90. The van der Waals surface area contributed by atoms with Crippen LogP contribution in [0, 0.1) is 0 Å². The summed E-state index contributed by atoms with van der Waals surface area (Å²) in [5, 5.41) is 1.80. The molecule has 1 aliphatic heterocycles. The maximum atomic E-state index is 5.49. The summed E-state index contributed by atoms with van der Waals surface area (Å²) in [4.78, 5) is 3.78. The monoisotopic (exact) mass is 193 g/mol. The lowest BCUT2D eigenvalue weighted by Gasteiger charge is -2.05. The van der Waals surface area contributed by atoms with Gasteiger partial charge in [-0.3, -0.25) is 0 Å². The van der Waals surface area contributed by atoms with Crippen LogP contribution >= 0.6 is 23.4 Å². The number of aliphatic imine (C=N–C) groups is 1. The summed E-state index contributed by atoms with van der Waals surface area (Å²) >= 11 is 6.88. The highest BCUT2D eigenvalue weighted by Gasteiger charge is 2.16. The zero-order chi connectivity index (χ0) is 8.27. The Morgan fingerprint density at radius 3 is 3.00 bits per heavy atom. The molecule has 0 fully saturated rings. The zero-order valence-corrected chi connectivity index (χ0v) is 7.23. The number of nitrogens with two attached hydrogens (primary N) is 2. The van der Waals surface area contributed by atoms with E-state index < -0.39 is 0 Å². The molecule has 0 aliphatic carbocycles. The third kappa shape index (κ3) is 2.51. The Balaban J connectivity index is 2.42. The number of rotatable bonds is 2. The number of nitrogens with zero attached hydrogens (tertiary/aromatic N) is 1. The highest BCUT2D eigenvalue weighted by atomic mass is 35.5. The zero-order valence-electron chi connectivity index (χ0n) is 5.66. The molecule has 0 radical (unpaired) electrons. The molecule has 62 valence electrons. The summed E-state index contributed by atoms with van der Waals surface area (Å²) in [6.07, 6.45) is 0. The first kappa shape index (κ1) is 8.55. The lowest BCUT2D eigenvalue weighted by atomic mass is 10.7. The van der Waals surface area contributed by atoms with E-state index in [1.165, 1.54) is 11.8 Å². The van der Waals surface area contributed by atoms with E-state index in [4.69, 9.17) is 27.8 Å². The van der Waals surface area contributed by atoms with Crippen molar-refractivity contribution in [1.82, 2.24) is 0 Å². The first-order valence-electron chi connectivity index (χ1n) is 2.88. The van der Waals surface area contributed by atoms with Crippen molar-refractivity contribution in [1.29, 1.82) is 0 Å². The van der Waals surface area contributed by atoms with Crippen LogP contribution in [0.4, 0.5) is 0 Å². The maximum absolute atomic E-state index is 5.49. The Morgan fingerprint density at radius 2 is 2.55 bits per heavy atom. The molecule has 1 atom stereocenters. The molecular weight excluding hydrogens is 186 g/mol. The second-order valence-electron chi connectivity index (χ2n) is 1.83. The highest BCUT2D eigenvalue weighted by Crippen LogP contribution is 2.28. The van der Waals surface area contributed by atoms with Crippen molar-refractivity contribution in [3.63, 3.8) is 0 Å². The molecule has 1 rings (SSSR count). The Morgan fingerprint density at radius 1 is 1.82 bits per heavy atom. The van der Waals surface area contributed by atoms with Crippen molar-refractivity contribution in [2.75, 3.05) is 5.88 Å². The van der Waals surface area contributed by atoms with Crippen molar-refractivity contribution in [3.05, 3.63) is 11.2 Å². The summed E-state index contributed by atoms with van der Waals surface area (Å²) < 4.78 is 5.17. The fourth-order valence-corrected chi connectivity index (χ4v) is 1.56. The smallest absolute Gasteiger partial charge is 0.244 e. The van der Waals surface area contributed by atoms with Gasteiger partial charge < -0.3 is 16.2 Å². The molecule has 1 aliphatic rings. The standard InChI is InChI=1S/C5H8ClN3OS/c6-1-3-2-11-5(10-3)9-4(7)8/h2,5H,1H2,(H4,7,8,9). The number of halogens is 1. The molecule has 0 spiro atoms. The Hall–Kier alpha value is -0.550. The predicted octanol–water partition coefficient (Wildman–Crippen LogP) is 0.387. The largest absolute Gasteiger partial charge is 0.461 e.